The molecule has 0 amide bonds. The minimum atomic E-state index is 0.128. The van der Waals surface area contributed by atoms with E-state index in [-0.39, 0.29) is 12.1 Å². The van der Waals surface area contributed by atoms with Crippen LogP contribution in [-0.4, -0.2) is 12.6 Å². The molecule has 1 aliphatic heterocycles. The smallest absolute Gasteiger partial charge is 0.123 e. The van der Waals surface area contributed by atoms with Crippen molar-refractivity contribution >= 4 is 23.2 Å². The lowest BCUT2D eigenvalue weighted by atomic mass is 10.1. The van der Waals surface area contributed by atoms with Crippen LogP contribution in [-0.2, 0) is 6.42 Å². The molecule has 21 heavy (non-hydrogen) atoms. The summed E-state index contributed by atoms with van der Waals surface area (Å²) >= 11 is 12.3. The van der Waals surface area contributed by atoms with E-state index in [0.717, 1.165) is 29.3 Å². The standard InChI is InChI=1S/C17H17Cl2NO/c1-11(15-9-13(18)6-7-16(15)19)20-10-14-8-12-4-2-3-5-17(12)21-14/h2-7,9,11,14,20H,8,10H2,1H3. The Hall–Kier alpha value is -1.22. The van der Waals surface area contributed by atoms with Crippen molar-refractivity contribution in [1.82, 2.24) is 5.32 Å². The average Bonchev–Trinajstić information content (AvgIpc) is 2.90. The lowest BCUT2D eigenvalue weighted by Gasteiger charge is -2.19. The molecule has 0 radical (unpaired) electrons. The predicted molar refractivity (Wildman–Crippen MR) is 87.4 cm³/mol. The first-order valence-corrected chi connectivity index (χ1v) is 7.82. The van der Waals surface area contributed by atoms with Gasteiger partial charge in [0.15, 0.2) is 0 Å². The van der Waals surface area contributed by atoms with Crippen LogP contribution < -0.4 is 10.1 Å². The third kappa shape index (κ3) is 3.34. The highest BCUT2D eigenvalue weighted by Gasteiger charge is 2.22. The fourth-order valence-electron chi connectivity index (χ4n) is 2.63. The van der Waals surface area contributed by atoms with Crippen LogP contribution in [0.4, 0.5) is 0 Å². The van der Waals surface area contributed by atoms with E-state index in [9.17, 15) is 0 Å². The highest BCUT2D eigenvalue weighted by molar-refractivity contribution is 6.33. The maximum absolute atomic E-state index is 6.23. The molecular formula is C17H17Cl2NO. The first-order valence-electron chi connectivity index (χ1n) is 7.06. The van der Waals surface area contributed by atoms with Crippen LogP contribution in [0.15, 0.2) is 42.5 Å². The number of rotatable bonds is 4. The Balaban J connectivity index is 1.60. The van der Waals surface area contributed by atoms with Crippen molar-refractivity contribution in [3.8, 4) is 5.75 Å². The van der Waals surface area contributed by atoms with Gasteiger partial charge in [-0.05, 0) is 42.3 Å². The number of halogens is 2. The van der Waals surface area contributed by atoms with Crippen LogP contribution in [0.5, 0.6) is 5.75 Å². The summed E-state index contributed by atoms with van der Waals surface area (Å²) in [4.78, 5) is 0. The summed E-state index contributed by atoms with van der Waals surface area (Å²) in [6, 6.07) is 13.9. The Bertz CT molecular complexity index is 619. The van der Waals surface area contributed by atoms with Crippen molar-refractivity contribution in [2.24, 2.45) is 0 Å². The van der Waals surface area contributed by atoms with E-state index in [1.165, 1.54) is 5.56 Å². The van der Waals surface area contributed by atoms with Crippen molar-refractivity contribution in [2.45, 2.75) is 25.5 Å². The van der Waals surface area contributed by atoms with E-state index in [1.54, 1.807) is 6.07 Å². The van der Waals surface area contributed by atoms with E-state index in [0.29, 0.717) is 5.02 Å². The maximum atomic E-state index is 6.23. The third-order valence-electron chi connectivity index (χ3n) is 3.79. The van der Waals surface area contributed by atoms with Crippen molar-refractivity contribution in [2.75, 3.05) is 6.54 Å². The molecule has 0 spiro atoms. The second-order valence-corrected chi connectivity index (χ2v) is 6.19. The molecule has 0 aliphatic carbocycles. The van der Waals surface area contributed by atoms with Gasteiger partial charge in [-0.3, -0.25) is 0 Å². The number of benzene rings is 2. The van der Waals surface area contributed by atoms with Gasteiger partial charge in [0.05, 0.1) is 0 Å². The molecule has 3 rings (SSSR count). The van der Waals surface area contributed by atoms with Gasteiger partial charge in [0.25, 0.3) is 0 Å². The van der Waals surface area contributed by atoms with Crippen LogP contribution in [0.3, 0.4) is 0 Å². The Morgan fingerprint density at radius 1 is 1.24 bits per heavy atom. The molecule has 0 fully saturated rings. The molecule has 0 aromatic heterocycles. The van der Waals surface area contributed by atoms with Crippen molar-refractivity contribution in [3.63, 3.8) is 0 Å². The zero-order valence-corrected chi connectivity index (χ0v) is 13.3. The minimum Gasteiger partial charge on any atom is -0.488 e. The van der Waals surface area contributed by atoms with Crippen molar-refractivity contribution in [1.29, 1.82) is 0 Å². The van der Waals surface area contributed by atoms with Crippen LogP contribution in [0, 0.1) is 0 Å². The first-order chi connectivity index (χ1) is 10.1. The van der Waals surface area contributed by atoms with Crippen LogP contribution >= 0.6 is 23.2 Å². The normalized spacial score (nSPS) is 18.1. The molecule has 1 N–H and O–H groups in total. The number of hydrogen-bond donors (Lipinski definition) is 1. The maximum Gasteiger partial charge on any atom is 0.123 e. The first kappa shape index (κ1) is 14.7. The molecule has 110 valence electrons. The lowest BCUT2D eigenvalue weighted by molar-refractivity contribution is 0.222. The van der Waals surface area contributed by atoms with E-state index in [4.69, 9.17) is 27.9 Å². The fraction of sp³-hybridized carbons (Fsp3) is 0.294. The number of hydrogen-bond acceptors (Lipinski definition) is 2. The van der Waals surface area contributed by atoms with Gasteiger partial charge in [-0.2, -0.15) is 0 Å². The van der Waals surface area contributed by atoms with Crippen molar-refractivity contribution in [3.05, 3.63) is 63.6 Å². The highest BCUT2D eigenvalue weighted by atomic mass is 35.5. The molecule has 1 heterocycles. The number of fused-ring (bicyclic) bond motifs is 1. The summed E-state index contributed by atoms with van der Waals surface area (Å²) in [6.07, 6.45) is 1.11. The van der Waals surface area contributed by atoms with E-state index >= 15 is 0 Å². The molecule has 0 saturated carbocycles. The Morgan fingerprint density at radius 2 is 2.05 bits per heavy atom. The predicted octanol–water partition coefficient (Wildman–Crippen LogP) is 4.65. The summed E-state index contributed by atoms with van der Waals surface area (Å²) in [7, 11) is 0. The molecule has 4 heteroatoms. The fourth-order valence-corrected chi connectivity index (χ4v) is 3.09. The molecule has 2 unspecified atom stereocenters. The largest absolute Gasteiger partial charge is 0.488 e. The van der Waals surface area contributed by atoms with Gasteiger partial charge in [0, 0.05) is 29.1 Å². The van der Waals surface area contributed by atoms with Gasteiger partial charge < -0.3 is 10.1 Å². The zero-order chi connectivity index (χ0) is 14.8. The Kier molecular flexibility index (Phi) is 4.39. The van der Waals surface area contributed by atoms with Gasteiger partial charge in [-0.1, -0.05) is 41.4 Å². The second kappa shape index (κ2) is 6.27. The molecule has 0 bridgehead atoms. The Morgan fingerprint density at radius 3 is 2.86 bits per heavy atom. The third-order valence-corrected chi connectivity index (χ3v) is 4.37. The average molecular weight is 322 g/mol. The van der Waals surface area contributed by atoms with Gasteiger partial charge in [0.2, 0.25) is 0 Å². The zero-order valence-electron chi connectivity index (χ0n) is 11.8. The number of para-hydroxylation sites is 1. The van der Waals surface area contributed by atoms with Crippen LogP contribution in [0.25, 0.3) is 0 Å². The summed E-state index contributed by atoms with van der Waals surface area (Å²) in [5.74, 6) is 0.998. The lowest BCUT2D eigenvalue weighted by Crippen LogP contribution is -2.32. The van der Waals surface area contributed by atoms with E-state index in [1.807, 2.05) is 30.3 Å². The molecule has 1 aliphatic rings. The van der Waals surface area contributed by atoms with E-state index < -0.39 is 0 Å². The molecule has 0 saturated heterocycles. The molecule has 2 atom stereocenters. The molecular weight excluding hydrogens is 305 g/mol. The summed E-state index contributed by atoms with van der Waals surface area (Å²) in [5, 5.41) is 4.91. The monoisotopic (exact) mass is 321 g/mol. The topological polar surface area (TPSA) is 21.3 Å². The number of nitrogens with one attached hydrogen (secondary N) is 1. The summed E-state index contributed by atoms with van der Waals surface area (Å²) in [5.41, 5.74) is 2.29. The molecule has 2 aromatic rings. The second-order valence-electron chi connectivity index (χ2n) is 5.35. The molecule has 2 nitrogen and oxygen atoms in total. The Labute approximate surface area is 135 Å². The number of ether oxygens (including phenoxy) is 1. The van der Waals surface area contributed by atoms with E-state index in [2.05, 4.69) is 18.3 Å². The van der Waals surface area contributed by atoms with Crippen LogP contribution in [0.1, 0.15) is 24.1 Å². The van der Waals surface area contributed by atoms with Gasteiger partial charge in [-0.25, -0.2) is 0 Å². The van der Waals surface area contributed by atoms with Crippen LogP contribution in [0.2, 0.25) is 10.0 Å². The van der Waals surface area contributed by atoms with Gasteiger partial charge in [-0.15, -0.1) is 0 Å². The highest BCUT2D eigenvalue weighted by Crippen LogP contribution is 2.29. The molecule has 2 aromatic carbocycles. The SMILES string of the molecule is CC(NCC1Cc2ccccc2O1)c1cc(Cl)ccc1Cl. The summed E-state index contributed by atoms with van der Waals surface area (Å²) in [6.45, 7) is 2.86. The van der Waals surface area contributed by atoms with Crippen molar-refractivity contribution < 1.29 is 4.74 Å². The summed E-state index contributed by atoms with van der Waals surface area (Å²) < 4.78 is 5.93. The van der Waals surface area contributed by atoms with Gasteiger partial charge >= 0.3 is 0 Å². The quantitative estimate of drug-likeness (QED) is 0.885. The minimum absolute atomic E-state index is 0.128. The van der Waals surface area contributed by atoms with Gasteiger partial charge in [0.1, 0.15) is 11.9 Å².